The topological polar surface area (TPSA) is 58.6 Å². The van der Waals surface area contributed by atoms with Gasteiger partial charge in [-0.25, -0.2) is 0 Å². The Hall–Kier alpha value is -2.24. The van der Waals surface area contributed by atoms with Crippen LogP contribution in [0, 0.1) is 12.8 Å². The molecule has 1 atom stereocenters. The first kappa shape index (κ1) is 24.0. The van der Waals surface area contributed by atoms with Gasteiger partial charge >= 0.3 is 0 Å². The molecule has 0 fully saturated rings. The Balaban J connectivity index is 2.17. The number of benzene rings is 2. The van der Waals surface area contributed by atoms with E-state index < -0.39 is 6.04 Å². The van der Waals surface area contributed by atoms with Crippen molar-refractivity contribution in [1.82, 2.24) is 10.2 Å². The minimum absolute atomic E-state index is 0.199. The van der Waals surface area contributed by atoms with Crippen LogP contribution in [0.2, 0.25) is 10.0 Å². The zero-order valence-corrected chi connectivity index (χ0v) is 19.3. The van der Waals surface area contributed by atoms with Crippen molar-refractivity contribution < 1.29 is 14.3 Å². The maximum Gasteiger partial charge on any atom is 0.261 e. The molecule has 0 aromatic heterocycles. The zero-order valence-electron chi connectivity index (χ0n) is 17.7. The fourth-order valence-corrected chi connectivity index (χ4v) is 3.28. The summed E-state index contributed by atoms with van der Waals surface area (Å²) >= 11 is 12.0. The average Bonchev–Trinajstić information content (AvgIpc) is 2.70. The maximum absolute atomic E-state index is 13.0. The number of rotatable bonds is 9. The van der Waals surface area contributed by atoms with Gasteiger partial charge in [0, 0.05) is 18.1 Å². The lowest BCUT2D eigenvalue weighted by atomic mass is 10.1. The maximum atomic E-state index is 13.0. The normalized spacial score (nSPS) is 11.8. The van der Waals surface area contributed by atoms with Gasteiger partial charge in [0.2, 0.25) is 5.91 Å². The molecule has 0 aliphatic rings. The molecule has 2 rings (SSSR count). The fraction of sp³-hybridized carbons (Fsp3) is 0.391. The number of hydrogen-bond donors (Lipinski definition) is 1. The molecular weight excluding hydrogens is 423 g/mol. The molecule has 2 aromatic rings. The van der Waals surface area contributed by atoms with Crippen LogP contribution in [0.15, 0.2) is 42.5 Å². The van der Waals surface area contributed by atoms with Crippen molar-refractivity contribution in [2.24, 2.45) is 5.92 Å². The Kier molecular flexibility index (Phi) is 9.00. The molecule has 0 unspecified atom stereocenters. The van der Waals surface area contributed by atoms with E-state index in [1.807, 2.05) is 45.0 Å². The van der Waals surface area contributed by atoms with Crippen molar-refractivity contribution in [2.75, 3.05) is 13.2 Å². The van der Waals surface area contributed by atoms with Crippen LogP contribution in [0.1, 0.15) is 31.9 Å². The molecule has 2 aromatic carbocycles. The number of carbonyl (C=O) groups excluding carboxylic acids is 2. The van der Waals surface area contributed by atoms with E-state index in [4.69, 9.17) is 27.9 Å². The Morgan fingerprint density at radius 2 is 1.80 bits per heavy atom. The SMILES string of the molecule is Cc1ccccc1CN(C(=O)COc1ccc(Cl)cc1Cl)[C@H](C)C(=O)NCC(C)C. The summed E-state index contributed by atoms with van der Waals surface area (Å²) < 4.78 is 5.62. The highest BCUT2D eigenvalue weighted by molar-refractivity contribution is 6.35. The van der Waals surface area contributed by atoms with Gasteiger partial charge in [0.25, 0.3) is 5.91 Å². The van der Waals surface area contributed by atoms with Crippen LogP contribution in [-0.2, 0) is 16.1 Å². The van der Waals surface area contributed by atoms with E-state index in [-0.39, 0.29) is 18.4 Å². The van der Waals surface area contributed by atoms with E-state index >= 15 is 0 Å². The summed E-state index contributed by atoms with van der Waals surface area (Å²) in [6.45, 7) is 8.35. The average molecular weight is 451 g/mol. The number of ether oxygens (including phenoxy) is 1. The Morgan fingerprint density at radius 1 is 1.10 bits per heavy atom. The first-order valence-electron chi connectivity index (χ1n) is 9.88. The third-order valence-electron chi connectivity index (χ3n) is 4.70. The van der Waals surface area contributed by atoms with Gasteiger partial charge < -0.3 is 15.0 Å². The molecule has 1 N–H and O–H groups in total. The second-order valence-corrected chi connectivity index (χ2v) is 8.47. The summed E-state index contributed by atoms with van der Waals surface area (Å²) in [5.74, 6) is 0.172. The highest BCUT2D eigenvalue weighted by Gasteiger charge is 2.27. The Morgan fingerprint density at radius 3 is 2.43 bits per heavy atom. The van der Waals surface area contributed by atoms with Crippen molar-refractivity contribution in [1.29, 1.82) is 0 Å². The molecule has 0 aliphatic carbocycles. The second kappa shape index (κ2) is 11.2. The molecule has 0 saturated heterocycles. The van der Waals surface area contributed by atoms with Gasteiger partial charge in [-0.15, -0.1) is 0 Å². The van der Waals surface area contributed by atoms with Crippen molar-refractivity contribution >= 4 is 35.0 Å². The number of halogens is 2. The van der Waals surface area contributed by atoms with Crippen molar-refractivity contribution in [2.45, 2.75) is 40.3 Å². The highest BCUT2D eigenvalue weighted by atomic mass is 35.5. The lowest BCUT2D eigenvalue weighted by Gasteiger charge is -2.29. The summed E-state index contributed by atoms with van der Waals surface area (Å²) in [6, 6.07) is 11.9. The molecule has 0 aliphatic heterocycles. The molecule has 0 radical (unpaired) electrons. The van der Waals surface area contributed by atoms with Gasteiger partial charge in [0.15, 0.2) is 6.61 Å². The number of nitrogens with one attached hydrogen (secondary N) is 1. The first-order chi connectivity index (χ1) is 14.2. The van der Waals surface area contributed by atoms with Crippen LogP contribution >= 0.6 is 23.2 Å². The predicted molar refractivity (Wildman–Crippen MR) is 121 cm³/mol. The van der Waals surface area contributed by atoms with Crippen LogP contribution in [0.4, 0.5) is 0 Å². The third kappa shape index (κ3) is 6.92. The largest absolute Gasteiger partial charge is 0.482 e. The molecule has 2 amide bonds. The number of hydrogen-bond acceptors (Lipinski definition) is 3. The fourth-order valence-electron chi connectivity index (χ4n) is 2.82. The summed E-state index contributed by atoms with van der Waals surface area (Å²) in [5, 5.41) is 3.70. The van der Waals surface area contributed by atoms with E-state index in [1.165, 1.54) is 4.90 Å². The van der Waals surface area contributed by atoms with Crippen LogP contribution in [0.25, 0.3) is 0 Å². The van der Waals surface area contributed by atoms with E-state index in [0.717, 1.165) is 11.1 Å². The molecule has 0 saturated carbocycles. The standard InChI is InChI=1S/C23H28Cl2N2O3/c1-15(2)12-26-23(29)17(4)27(13-18-8-6-5-7-16(18)3)22(28)14-30-21-10-9-19(24)11-20(21)25/h5-11,15,17H,12-14H2,1-4H3,(H,26,29)/t17-/m1/s1. The summed E-state index contributed by atoms with van der Waals surface area (Å²) in [5.41, 5.74) is 2.02. The molecule has 7 heteroatoms. The van der Waals surface area contributed by atoms with E-state index in [0.29, 0.717) is 34.8 Å². The summed E-state index contributed by atoms with van der Waals surface area (Å²) in [6.07, 6.45) is 0. The molecular formula is C23H28Cl2N2O3. The minimum Gasteiger partial charge on any atom is -0.482 e. The van der Waals surface area contributed by atoms with Crippen LogP contribution in [0.3, 0.4) is 0 Å². The van der Waals surface area contributed by atoms with Crippen LogP contribution < -0.4 is 10.1 Å². The Labute approximate surface area is 188 Å². The van der Waals surface area contributed by atoms with Crippen LogP contribution in [0.5, 0.6) is 5.75 Å². The summed E-state index contributed by atoms with van der Waals surface area (Å²) in [4.78, 5) is 27.2. The van der Waals surface area contributed by atoms with Gasteiger partial charge in [-0.05, 0) is 49.1 Å². The summed E-state index contributed by atoms with van der Waals surface area (Å²) in [7, 11) is 0. The smallest absolute Gasteiger partial charge is 0.261 e. The first-order valence-corrected chi connectivity index (χ1v) is 10.6. The van der Waals surface area contributed by atoms with E-state index in [1.54, 1.807) is 25.1 Å². The van der Waals surface area contributed by atoms with Crippen molar-refractivity contribution in [3.63, 3.8) is 0 Å². The second-order valence-electron chi connectivity index (χ2n) is 7.63. The molecule has 30 heavy (non-hydrogen) atoms. The number of carbonyl (C=O) groups is 2. The lowest BCUT2D eigenvalue weighted by molar-refractivity contribution is -0.142. The Bertz CT molecular complexity index is 887. The predicted octanol–water partition coefficient (Wildman–Crippen LogP) is 4.87. The van der Waals surface area contributed by atoms with Crippen LogP contribution in [-0.4, -0.2) is 35.9 Å². The monoisotopic (exact) mass is 450 g/mol. The van der Waals surface area contributed by atoms with Gasteiger partial charge in [-0.2, -0.15) is 0 Å². The minimum atomic E-state index is -0.653. The van der Waals surface area contributed by atoms with Gasteiger partial charge in [0.1, 0.15) is 11.8 Å². The zero-order chi connectivity index (χ0) is 22.3. The molecule has 0 bridgehead atoms. The van der Waals surface area contributed by atoms with Gasteiger partial charge in [-0.3, -0.25) is 9.59 Å². The molecule has 0 spiro atoms. The molecule has 0 heterocycles. The highest BCUT2D eigenvalue weighted by Crippen LogP contribution is 2.27. The lowest BCUT2D eigenvalue weighted by Crippen LogP contribution is -2.49. The number of nitrogens with zero attached hydrogens (tertiary/aromatic N) is 1. The quantitative estimate of drug-likeness (QED) is 0.592. The van der Waals surface area contributed by atoms with E-state index in [9.17, 15) is 9.59 Å². The third-order valence-corrected chi connectivity index (χ3v) is 5.23. The van der Waals surface area contributed by atoms with E-state index in [2.05, 4.69) is 5.32 Å². The number of amides is 2. The van der Waals surface area contributed by atoms with Gasteiger partial charge in [-0.1, -0.05) is 61.3 Å². The molecule has 5 nitrogen and oxygen atoms in total. The van der Waals surface area contributed by atoms with Crippen molar-refractivity contribution in [3.8, 4) is 5.75 Å². The number of aryl methyl sites for hydroxylation is 1. The van der Waals surface area contributed by atoms with Crippen molar-refractivity contribution in [3.05, 3.63) is 63.6 Å². The molecule has 162 valence electrons. The van der Waals surface area contributed by atoms with Gasteiger partial charge in [0.05, 0.1) is 5.02 Å².